The predicted octanol–water partition coefficient (Wildman–Crippen LogP) is 3.48. The number of ether oxygens (including phenoxy) is 2. The highest BCUT2D eigenvalue weighted by Gasteiger charge is 2.14. The van der Waals surface area contributed by atoms with Crippen LogP contribution < -0.4 is 14.8 Å². The number of nitrogens with one attached hydrogen (secondary N) is 1. The average molecular weight is 430 g/mol. The lowest BCUT2D eigenvalue weighted by Crippen LogP contribution is -2.16. The number of carbonyl (C=O) groups excluding carboxylic acids is 1. The van der Waals surface area contributed by atoms with Crippen LogP contribution in [0.5, 0.6) is 17.2 Å². The molecule has 3 aromatic heterocycles. The van der Waals surface area contributed by atoms with E-state index in [4.69, 9.17) is 14.0 Å². The van der Waals surface area contributed by atoms with E-state index < -0.39 is 0 Å². The molecule has 0 atom stereocenters. The van der Waals surface area contributed by atoms with E-state index in [0.29, 0.717) is 51.1 Å². The van der Waals surface area contributed by atoms with Gasteiger partial charge in [-0.25, -0.2) is 9.97 Å². The lowest BCUT2D eigenvalue weighted by molar-refractivity contribution is -0.115. The highest BCUT2D eigenvalue weighted by Crippen LogP contribution is 2.32. The number of nitrogens with zero attached hydrogens (tertiary/aromatic N) is 5. The summed E-state index contributed by atoms with van der Waals surface area (Å²) >= 11 is 0. The van der Waals surface area contributed by atoms with Gasteiger partial charge in [-0.2, -0.15) is 5.26 Å². The van der Waals surface area contributed by atoms with Gasteiger partial charge in [0.2, 0.25) is 5.91 Å². The van der Waals surface area contributed by atoms with E-state index in [2.05, 4.69) is 31.5 Å². The molecule has 0 radical (unpaired) electrons. The molecule has 1 aromatic carbocycles. The van der Waals surface area contributed by atoms with Crippen molar-refractivity contribution in [2.75, 3.05) is 12.4 Å². The molecule has 0 aliphatic heterocycles. The molecule has 0 aliphatic carbocycles. The quantitative estimate of drug-likeness (QED) is 0.487. The van der Waals surface area contributed by atoms with Crippen LogP contribution in [-0.4, -0.2) is 33.1 Å². The van der Waals surface area contributed by atoms with Crippen molar-refractivity contribution in [3.63, 3.8) is 0 Å². The molecule has 0 saturated carbocycles. The van der Waals surface area contributed by atoms with Crippen molar-refractivity contribution in [3.8, 4) is 23.3 Å². The number of aromatic nitrogens is 4. The fourth-order valence-corrected chi connectivity index (χ4v) is 2.96. The summed E-state index contributed by atoms with van der Waals surface area (Å²) in [6.45, 7) is 3.58. The zero-order valence-corrected chi connectivity index (χ0v) is 17.5. The van der Waals surface area contributed by atoms with Crippen LogP contribution in [0.1, 0.15) is 22.7 Å². The molecule has 0 bridgehead atoms. The number of pyridine rings is 1. The minimum Gasteiger partial charge on any atom is -0.495 e. The number of rotatable bonds is 6. The van der Waals surface area contributed by atoms with Crippen LogP contribution in [0.2, 0.25) is 0 Å². The van der Waals surface area contributed by atoms with E-state index in [-0.39, 0.29) is 12.3 Å². The van der Waals surface area contributed by atoms with Gasteiger partial charge in [0, 0.05) is 23.2 Å². The molecule has 160 valence electrons. The van der Waals surface area contributed by atoms with Gasteiger partial charge in [-0.15, -0.1) is 0 Å². The molecule has 3 heterocycles. The number of hydrogen-bond donors (Lipinski definition) is 1. The fourth-order valence-electron chi connectivity index (χ4n) is 2.96. The van der Waals surface area contributed by atoms with Gasteiger partial charge < -0.3 is 19.3 Å². The summed E-state index contributed by atoms with van der Waals surface area (Å²) in [6, 6.07) is 7.11. The number of fused-ring (bicyclic) bond motifs is 1. The second kappa shape index (κ2) is 8.69. The monoisotopic (exact) mass is 430 g/mol. The zero-order valence-electron chi connectivity index (χ0n) is 17.5. The first-order valence-electron chi connectivity index (χ1n) is 9.57. The maximum absolute atomic E-state index is 12.2. The Hall–Kier alpha value is -4.52. The molecule has 1 N–H and O–H groups in total. The van der Waals surface area contributed by atoms with Crippen molar-refractivity contribution in [3.05, 3.63) is 59.5 Å². The summed E-state index contributed by atoms with van der Waals surface area (Å²) in [7, 11) is 1.50. The Bertz CT molecular complexity index is 1340. The summed E-state index contributed by atoms with van der Waals surface area (Å²) in [4.78, 5) is 24.9. The Balaban J connectivity index is 1.49. The average Bonchev–Trinajstić information content (AvgIpc) is 3.11. The van der Waals surface area contributed by atoms with Crippen LogP contribution in [0.15, 0.2) is 41.3 Å². The Morgan fingerprint density at radius 1 is 1.19 bits per heavy atom. The van der Waals surface area contributed by atoms with Crippen molar-refractivity contribution in [1.82, 2.24) is 20.1 Å². The minimum absolute atomic E-state index is 0.0326. The highest BCUT2D eigenvalue weighted by molar-refractivity contribution is 5.91. The van der Waals surface area contributed by atoms with Gasteiger partial charge in [-0.3, -0.25) is 9.78 Å². The topological polar surface area (TPSA) is 136 Å². The molecule has 0 unspecified atom stereocenters. The normalized spacial score (nSPS) is 10.6. The van der Waals surface area contributed by atoms with Crippen molar-refractivity contribution in [1.29, 1.82) is 5.26 Å². The molecule has 0 saturated heterocycles. The van der Waals surface area contributed by atoms with Crippen molar-refractivity contribution >= 4 is 22.6 Å². The first-order valence-corrected chi connectivity index (χ1v) is 9.57. The number of hydrogen-bond acceptors (Lipinski definition) is 9. The number of anilines is 1. The van der Waals surface area contributed by atoms with Gasteiger partial charge in [-0.05, 0) is 26.0 Å². The number of benzene rings is 1. The second-order valence-electron chi connectivity index (χ2n) is 6.86. The van der Waals surface area contributed by atoms with Gasteiger partial charge in [0.25, 0.3) is 0 Å². The maximum Gasteiger partial charge on any atom is 0.233 e. The first kappa shape index (κ1) is 20.7. The first-order chi connectivity index (χ1) is 15.5. The van der Waals surface area contributed by atoms with Crippen LogP contribution in [0, 0.1) is 25.2 Å². The van der Waals surface area contributed by atoms with Crippen molar-refractivity contribution in [2.24, 2.45) is 0 Å². The van der Waals surface area contributed by atoms with E-state index in [0.717, 1.165) is 5.56 Å². The number of amides is 1. The molecule has 1 amide bonds. The standard InChI is InChI=1S/C22H18N6O4/c1-12-13(2)32-28-22(12)27-21(29)8-20-25-10-15(11-26-20)31-18-4-5-24-17-7-19(30-3)14(9-23)6-16(17)18/h4-7,10-11H,8H2,1-3H3,(H,27,28,29). The van der Waals surface area contributed by atoms with Gasteiger partial charge in [0.15, 0.2) is 11.6 Å². The molecule has 32 heavy (non-hydrogen) atoms. The van der Waals surface area contributed by atoms with Gasteiger partial charge >= 0.3 is 0 Å². The maximum atomic E-state index is 12.2. The lowest BCUT2D eigenvalue weighted by atomic mass is 10.1. The Morgan fingerprint density at radius 3 is 2.62 bits per heavy atom. The van der Waals surface area contributed by atoms with Gasteiger partial charge in [-0.1, -0.05) is 5.16 Å². The van der Waals surface area contributed by atoms with Crippen LogP contribution in [0.25, 0.3) is 10.9 Å². The SMILES string of the molecule is COc1cc2nccc(Oc3cnc(CC(=O)Nc4noc(C)c4C)nc3)c2cc1C#N. The molecular formula is C22H18N6O4. The number of carbonyl (C=O) groups is 1. The van der Waals surface area contributed by atoms with E-state index in [1.807, 2.05) is 6.92 Å². The minimum atomic E-state index is -0.312. The van der Waals surface area contributed by atoms with Crippen LogP contribution in [0.3, 0.4) is 0 Å². The molecule has 0 fully saturated rings. The third-order valence-corrected chi connectivity index (χ3v) is 4.79. The summed E-state index contributed by atoms with van der Waals surface area (Å²) in [5.74, 6) is 2.33. The van der Waals surface area contributed by atoms with Crippen LogP contribution >= 0.6 is 0 Å². The van der Waals surface area contributed by atoms with Crippen molar-refractivity contribution in [2.45, 2.75) is 20.3 Å². The smallest absolute Gasteiger partial charge is 0.233 e. The predicted molar refractivity (Wildman–Crippen MR) is 113 cm³/mol. The summed E-state index contributed by atoms with van der Waals surface area (Å²) < 4.78 is 16.2. The fraction of sp³-hybridized carbons (Fsp3) is 0.182. The van der Waals surface area contributed by atoms with E-state index >= 15 is 0 Å². The number of aryl methyl sites for hydroxylation is 1. The number of methoxy groups -OCH3 is 1. The lowest BCUT2D eigenvalue weighted by Gasteiger charge is -2.10. The van der Waals surface area contributed by atoms with Crippen LogP contribution in [-0.2, 0) is 11.2 Å². The van der Waals surface area contributed by atoms with Gasteiger partial charge in [0.05, 0.1) is 37.0 Å². The number of nitriles is 1. The van der Waals surface area contributed by atoms with Crippen LogP contribution in [0.4, 0.5) is 5.82 Å². The molecule has 4 aromatic rings. The third kappa shape index (κ3) is 4.17. The molecule has 10 heteroatoms. The second-order valence-corrected chi connectivity index (χ2v) is 6.86. The Kier molecular flexibility index (Phi) is 5.63. The zero-order chi connectivity index (χ0) is 22.7. The molecule has 10 nitrogen and oxygen atoms in total. The molecule has 0 aliphatic rings. The Morgan fingerprint density at radius 2 is 1.97 bits per heavy atom. The summed E-state index contributed by atoms with van der Waals surface area (Å²) in [5, 5.41) is 16.5. The van der Waals surface area contributed by atoms with Gasteiger partial charge in [0.1, 0.15) is 29.2 Å². The third-order valence-electron chi connectivity index (χ3n) is 4.79. The highest BCUT2D eigenvalue weighted by atomic mass is 16.5. The summed E-state index contributed by atoms with van der Waals surface area (Å²) in [6.07, 6.45) is 4.51. The molecular weight excluding hydrogens is 412 g/mol. The summed E-state index contributed by atoms with van der Waals surface area (Å²) in [5.41, 5.74) is 1.75. The van der Waals surface area contributed by atoms with E-state index in [1.54, 1.807) is 31.3 Å². The molecule has 4 rings (SSSR count). The van der Waals surface area contributed by atoms with Crippen molar-refractivity contribution < 1.29 is 18.8 Å². The van der Waals surface area contributed by atoms with E-state index in [1.165, 1.54) is 19.5 Å². The largest absolute Gasteiger partial charge is 0.495 e. The molecule has 0 spiro atoms. The van der Waals surface area contributed by atoms with E-state index in [9.17, 15) is 10.1 Å². The Labute approximate surface area is 182 Å².